The number of thiocarbonyl (C=S) groups is 1. The van der Waals surface area contributed by atoms with Crippen LogP contribution in [-0.4, -0.2) is 44.4 Å². The zero-order valence-electron chi connectivity index (χ0n) is 12.3. The molecule has 1 aromatic rings. The van der Waals surface area contributed by atoms with Crippen molar-refractivity contribution in [2.24, 2.45) is 0 Å². The molecule has 1 rings (SSSR count). The molecule has 0 radical (unpaired) electrons. The molecule has 6 nitrogen and oxygen atoms in total. The minimum Gasteiger partial charge on any atom is -0.494 e. The van der Waals surface area contributed by atoms with Crippen molar-refractivity contribution in [1.29, 1.82) is 0 Å². The predicted octanol–water partition coefficient (Wildman–Crippen LogP) is 1.13. The smallest absolute Gasteiger partial charge is 0.239 e. The zero-order chi connectivity index (χ0) is 15.5. The Morgan fingerprint density at radius 2 is 1.95 bits per heavy atom. The lowest BCUT2D eigenvalue weighted by atomic mass is 10.3. The van der Waals surface area contributed by atoms with Crippen molar-refractivity contribution in [3.8, 4) is 5.75 Å². The number of hydrogen-bond acceptors (Lipinski definition) is 4. The van der Waals surface area contributed by atoms with Gasteiger partial charge in [-0.15, -0.1) is 0 Å². The Balaban J connectivity index is 2.28. The van der Waals surface area contributed by atoms with Crippen LogP contribution in [-0.2, 0) is 9.53 Å². The van der Waals surface area contributed by atoms with Crippen LogP contribution in [0.4, 0.5) is 5.69 Å². The highest BCUT2D eigenvalue weighted by molar-refractivity contribution is 7.80. The number of carbonyl (C=O) groups is 1. The van der Waals surface area contributed by atoms with Crippen molar-refractivity contribution in [3.05, 3.63) is 24.3 Å². The van der Waals surface area contributed by atoms with Crippen molar-refractivity contribution >= 4 is 28.9 Å². The topological polar surface area (TPSA) is 71.6 Å². The monoisotopic (exact) mass is 311 g/mol. The summed E-state index contributed by atoms with van der Waals surface area (Å²) in [5, 5.41) is 8.91. The van der Waals surface area contributed by atoms with Gasteiger partial charge in [-0.05, 0) is 43.4 Å². The van der Waals surface area contributed by atoms with E-state index in [2.05, 4.69) is 16.0 Å². The van der Waals surface area contributed by atoms with Gasteiger partial charge in [-0.1, -0.05) is 0 Å². The normalized spacial score (nSPS) is 9.81. The van der Waals surface area contributed by atoms with Gasteiger partial charge in [0.05, 0.1) is 19.8 Å². The van der Waals surface area contributed by atoms with E-state index < -0.39 is 0 Å². The zero-order valence-corrected chi connectivity index (χ0v) is 13.1. The van der Waals surface area contributed by atoms with Gasteiger partial charge in [0.2, 0.25) is 5.91 Å². The Hall–Kier alpha value is -1.86. The molecule has 1 amide bonds. The molecule has 3 N–H and O–H groups in total. The van der Waals surface area contributed by atoms with Crippen molar-refractivity contribution < 1.29 is 14.3 Å². The molecule has 0 saturated carbocycles. The molecule has 7 heteroatoms. The Morgan fingerprint density at radius 3 is 2.57 bits per heavy atom. The molecule has 0 aliphatic carbocycles. The Morgan fingerprint density at radius 1 is 1.24 bits per heavy atom. The summed E-state index contributed by atoms with van der Waals surface area (Å²) >= 11 is 5.12. The van der Waals surface area contributed by atoms with E-state index in [0.29, 0.717) is 24.9 Å². The highest BCUT2D eigenvalue weighted by atomic mass is 32.1. The van der Waals surface area contributed by atoms with Crippen LogP contribution in [0.3, 0.4) is 0 Å². The number of rotatable bonds is 8. The fourth-order valence-electron chi connectivity index (χ4n) is 1.49. The third kappa shape index (κ3) is 7.48. The maximum absolute atomic E-state index is 11.5. The maximum atomic E-state index is 11.5. The van der Waals surface area contributed by atoms with E-state index in [0.717, 1.165) is 11.4 Å². The molecule has 0 aromatic heterocycles. The summed E-state index contributed by atoms with van der Waals surface area (Å²) in [6.45, 7) is 3.65. The van der Waals surface area contributed by atoms with Crippen LogP contribution in [0.1, 0.15) is 6.92 Å². The van der Waals surface area contributed by atoms with Crippen LogP contribution in [0.25, 0.3) is 0 Å². The molecule has 0 fully saturated rings. The van der Waals surface area contributed by atoms with Gasteiger partial charge < -0.3 is 25.4 Å². The van der Waals surface area contributed by atoms with Gasteiger partial charge in [-0.3, -0.25) is 4.79 Å². The molecule has 0 atom stereocenters. The van der Waals surface area contributed by atoms with Crippen LogP contribution in [0.2, 0.25) is 0 Å². The summed E-state index contributed by atoms with van der Waals surface area (Å²) in [5.74, 6) is 0.669. The molecule has 0 bridgehead atoms. The van der Waals surface area contributed by atoms with E-state index in [1.54, 1.807) is 7.11 Å². The van der Waals surface area contributed by atoms with Crippen LogP contribution < -0.4 is 20.7 Å². The molecular formula is C14H21N3O3S. The van der Waals surface area contributed by atoms with E-state index in [1.165, 1.54) is 0 Å². The maximum Gasteiger partial charge on any atom is 0.239 e. The van der Waals surface area contributed by atoms with Crippen molar-refractivity contribution in [1.82, 2.24) is 10.6 Å². The predicted molar refractivity (Wildman–Crippen MR) is 86.7 cm³/mol. The Kier molecular flexibility index (Phi) is 8.15. The molecule has 0 saturated heterocycles. The summed E-state index contributed by atoms with van der Waals surface area (Å²) < 4.78 is 10.2. The quantitative estimate of drug-likeness (QED) is 0.494. The van der Waals surface area contributed by atoms with Gasteiger partial charge in [0.25, 0.3) is 0 Å². The van der Waals surface area contributed by atoms with E-state index >= 15 is 0 Å². The minimum atomic E-state index is -0.136. The largest absolute Gasteiger partial charge is 0.494 e. The number of ether oxygens (including phenoxy) is 2. The number of nitrogens with one attached hydrogen (secondary N) is 3. The first kappa shape index (κ1) is 17.2. The van der Waals surface area contributed by atoms with Crippen LogP contribution in [0.15, 0.2) is 24.3 Å². The average molecular weight is 311 g/mol. The summed E-state index contributed by atoms with van der Waals surface area (Å²) in [6.07, 6.45) is 0. The number of carbonyl (C=O) groups excluding carboxylic acids is 1. The molecule has 0 heterocycles. The van der Waals surface area contributed by atoms with Crippen LogP contribution >= 0.6 is 12.2 Å². The van der Waals surface area contributed by atoms with Gasteiger partial charge in [-0.2, -0.15) is 0 Å². The van der Waals surface area contributed by atoms with Crippen molar-refractivity contribution in [3.63, 3.8) is 0 Å². The SMILES string of the molecule is CCOc1ccc(NC(=S)NCC(=O)NCCOC)cc1. The highest BCUT2D eigenvalue weighted by Crippen LogP contribution is 2.15. The lowest BCUT2D eigenvalue weighted by molar-refractivity contribution is -0.120. The molecule has 1 aromatic carbocycles. The number of hydrogen-bond donors (Lipinski definition) is 3. The molecule has 21 heavy (non-hydrogen) atoms. The molecule has 0 aliphatic rings. The average Bonchev–Trinajstić information content (AvgIpc) is 2.48. The molecular weight excluding hydrogens is 290 g/mol. The van der Waals surface area contributed by atoms with Crippen LogP contribution in [0.5, 0.6) is 5.75 Å². The third-order valence-corrected chi connectivity index (χ3v) is 2.71. The summed E-state index contributed by atoms with van der Waals surface area (Å²) in [6, 6.07) is 7.42. The molecule has 116 valence electrons. The van der Waals surface area contributed by atoms with Gasteiger partial charge in [0.1, 0.15) is 5.75 Å². The second-order valence-electron chi connectivity index (χ2n) is 4.11. The number of amides is 1. The number of methoxy groups -OCH3 is 1. The first-order chi connectivity index (χ1) is 10.2. The van der Waals surface area contributed by atoms with Gasteiger partial charge >= 0.3 is 0 Å². The van der Waals surface area contributed by atoms with Gasteiger partial charge in [-0.25, -0.2) is 0 Å². The summed E-state index contributed by atoms with van der Waals surface area (Å²) in [5.41, 5.74) is 0.829. The van der Waals surface area contributed by atoms with Crippen molar-refractivity contribution in [2.45, 2.75) is 6.92 Å². The second-order valence-corrected chi connectivity index (χ2v) is 4.52. The lowest BCUT2D eigenvalue weighted by Gasteiger charge is -2.11. The van der Waals surface area contributed by atoms with Crippen LogP contribution in [0, 0.1) is 0 Å². The molecule has 0 spiro atoms. The third-order valence-electron chi connectivity index (χ3n) is 2.46. The molecule has 0 unspecified atom stereocenters. The first-order valence-electron chi connectivity index (χ1n) is 6.69. The van der Waals surface area contributed by atoms with Crippen molar-refractivity contribution in [2.75, 3.05) is 38.7 Å². The van der Waals surface area contributed by atoms with E-state index in [9.17, 15) is 4.79 Å². The summed E-state index contributed by atoms with van der Waals surface area (Å²) in [7, 11) is 1.58. The molecule has 0 aliphatic heterocycles. The number of anilines is 1. The second kappa shape index (κ2) is 9.95. The van der Waals surface area contributed by atoms with Gasteiger partial charge in [0.15, 0.2) is 5.11 Å². The Bertz CT molecular complexity index is 451. The van der Waals surface area contributed by atoms with E-state index in [4.69, 9.17) is 21.7 Å². The standard InChI is InChI=1S/C14H21N3O3S/c1-3-20-12-6-4-11(5-7-12)17-14(21)16-10-13(18)15-8-9-19-2/h4-7H,3,8-10H2,1-2H3,(H,15,18)(H2,16,17,21). The minimum absolute atomic E-state index is 0.118. The lowest BCUT2D eigenvalue weighted by Crippen LogP contribution is -2.39. The first-order valence-corrected chi connectivity index (χ1v) is 7.10. The van der Waals surface area contributed by atoms with E-state index in [1.807, 2.05) is 31.2 Å². The number of benzene rings is 1. The summed E-state index contributed by atoms with van der Waals surface area (Å²) in [4.78, 5) is 11.5. The Labute approximate surface area is 130 Å². The van der Waals surface area contributed by atoms with Gasteiger partial charge in [0, 0.05) is 19.3 Å². The fourth-order valence-corrected chi connectivity index (χ4v) is 1.68. The fraction of sp³-hybridized carbons (Fsp3) is 0.429. The van der Waals surface area contributed by atoms with E-state index in [-0.39, 0.29) is 12.5 Å². The highest BCUT2D eigenvalue weighted by Gasteiger charge is 2.02.